The predicted octanol–water partition coefficient (Wildman–Crippen LogP) is 3.99. The van der Waals surface area contributed by atoms with E-state index in [1.165, 1.54) is 25.7 Å². The van der Waals surface area contributed by atoms with E-state index in [1.54, 1.807) is 19.3 Å². The standard InChI is InChI=1S/C19H33NO/c1-12(20-16-8-17(21-4)18(16,2)3)19-9-13-5-14(10-19)7-15(6-13)11-19/h12-17,20H,5-11H2,1-4H3. The minimum Gasteiger partial charge on any atom is -0.381 e. The fourth-order valence-electron chi connectivity index (χ4n) is 6.75. The highest BCUT2D eigenvalue weighted by Crippen LogP contribution is 2.61. The third-order valence-corrected chi connectivity index (χ3v) is 7.92. The summed E-state index contributed by atoms with van der Waals surface area (Å²) in [6.45, 7) is 7.23. The Balaban J connectivity index is 1.45. The molecule has 5 saturated carbocycles. The Kier molecular flexibility index (Phi) is 3.25. The van der Waals surface area contributed by atoms with Crippen LogP contribution in [0.1, 0.15) is 65.7 Å². The molecule has 0 spiro atoms. The molecule has 5 fully saturated rings. The van der Waals surface area contributed by atoms with Gasteiger partial charge in [0.15, 0.2) is 0 Å². The van der Waals surface area contributed by atoms with Gasteiger partial charge in [-0.1, -0.05) is 13.8 Å². The van der Waals surface area contributed by atoms with Crippen LogP contribution in [0.2, 0.25) is 0 Å². The van der Waals surface area contributed by atoms with Crippen LogP contribution in [0.3, 0.4) is 0 Å². The van der Waals surface area contributed by atoms with Gasteiger partial charge in [0.1, 0.15) is 0 Å². The molecule has 2 heteroatoms. The van der Waals surface area contributed by atoms with Crippen molar-refractivity contribution in [2.75, 3.05) is 7.11 Å². The van der Waals surface area contributed by atoms with Gasteiger partial charge in [0, 0.05) is 24.6 Å². The quantitative estimate of drug-likeness (QED) is 0.845. The number of ether oxygens (including phenoxy) is 1. The van der Waals surface area contributed by atoms with Gasteiger partial charge in [0.05, 0.1) is 6.10 Å². The minimum absolute atomic E-state index is 0.297. The van der Waals surface area contributed by atoms with E-state index in [0.29, 0.717) is 29.0 Å². The molecule has 0 radical (unpaired) electrons. The highest BCUT2D eigenvalue weighted by atomic mass is 16.5. The molecule has 5 rings (SSSR count). The van der Waals surface area contributed by atoms with Crippen molar-refractivity contribution in [2.24, 2.45) is 28.6 Å². The number of hydrogen-bond donors (Lipinski definition) is 1. The lowest BCUT2D eigenvalue weighted by molar-refractivity contribution is -0.118. The second-order valence-corrected chi connectivity index (χ2v) is 9.50. The maximum atomic E-state index is 5.62. The number of methoxy groups -OCH3 is 1. The molecular formula is C19H33NO. The van der Waals surface area contributed by atoms with Gasteiger partial charge in [-0.15, -0.1) is 0 Å². The number of rotatable bonds is 4. The molecule has 21 heavy (non-hydrogen) atoms. The molecule has 0 aliphatic heterocycles. The zero-order valence-corrected chi connectivity index (χ0v) is 14.3. The van der Waals surface area contributed by atoms with Crippen molar-refractivity contribution in [3.05, 3.63) is 0 Å². The lowest BCUT2D eigenvalue weighted by Crippen LogP contribution is -2.65. The normalized spacial score (nSPS) is 51.7. The van der Waals surface area contributed by atoms with Crippen LogP contribution in [0.4, 0.5) is 0 Å². The Morgan fingerprint density at radius 3 is 1.90 bits per heavy atom. The van der Waals surface area contributed by atoms with E-state index in [-0.39, 0.29) is 0 Å². The Morgan fingerprint density at radius 1 is 0.952 bits per heavy atom. The Hall–Kier alpha value is -0.0800. The van der Waals surface area contributed by atoms with Gasteiger partial charge < -0.3 is 10.1 Å². The highest BCUT2D eigenvalue weighted by Gasteiger charge is 2.55. The molecule has 4 bridgehead atoms. The van der Waals surface area contributed by atoms with Crippen molar-refractivity contribution in [1.29, 1.82) is 0 Å². The largest absolute Gasteiger partial charge is 0.381 e. The fraction of sp³-hybridized carbons (Fsp3) is 1.00. The van der Waals surface area contributed by atoms with Gasteiger partial charge >= 0.3 is 0 Å². The van der Waals surface area contributed by atoms with Crippen LogP contribution < -0.4 is 5.32 Å². The van der Waals surface area contributed by atoms with E-state index in [0.717, 1.165) is 17.8 Å². The summed E-state index contributed by atoms with van der Waals surface area (Å²) < 4.78 is 5.62. The van der Waals surface area contributed by atoms with Gasteiger partial charge in [-0.2, -0.15) is 0 Å². The van der Waals surface area contributed by atoms with Crippen LogP contribution >= 0.6 is 0 Å². The molecule has 0 aromatic heterocycles. The predicted molar refractivity (Wildman–Crippen MR) is 86.2 cm³/mol. The lowest BCUT2D eigenvalue weighted by Gasteiger charge is -2.61. The van der Waals surface area contributed by atoms with Crippen molar-refractivity contribution >= 4 is 0 Å². The summed E-state index contributed by atoms with van der Waals surface area (Å²) in [5.74, 6) is 3.17. The van der Waals surface area contributed by atoms with E-state index in [1.807, 2.05) is 7.11 Å². The van der Waals surface area contributed by atoms with Crippen LogP contribution in [0.25, 0.3) is 0 Å². The van der Waals surface area contributed by atoms with Gasteiger partial charge in [-0.05, 0) is 75.0 Å². The smallest absolute Gasteiger partial charge is 0.0652 e. The zero-order chi connectivity index (χ0) is 14.8. The van der Waals surface area contributed by atoms with Crippen LogP contribution in [-0.2, 0) is 4.74 Å². The van der Waals surface area contributed by atoms with Crippen molar-refractivity contribution in [3.63, 3.8) is 0 Å². The second kappa shape index (κ2) is 4.71. The molecule has 0 saturated heterocycles. The third-order valence-electron chi connectivity index (χ3n) is 7.92. The van der Waals surface area contributed by atoms with Gasteiger partial charge in [0.2, 0.25) is 0 Å². The SMILES string of the molecule is COC1CC(NC(C)C23CC4CC(CC(C4)C2)C3)C1(C)C. The second-order valence-electron chi connectivity index (χ2n) is 9.50. The minimum atomic E-state index is 0.297. The first-order chi connectivity index (χ1) is 9.93. The maximum Gasteiger partial charge on any atom is 0.0652 e. The molecule has 0 heterocycles. The molecule has 5 aliphatic rings. The Bertz CT molecular complexity index is 381. The molecule has 0 aromatic carbocycles. The van der Waals surface area contributed by atoms with Crippen LogP contribution in [0.5, 0.6) is 0 Å². The number of nitrogens with one attached hydrogen (secondary N) is 1. The van der Waals surface area contributed by atoms with Crippen molar-refractivity contribution in [1.82, 2.24) is 5.32 Å². The van der Waals surface area contributed by atoms with Gasteiger partial charge in [-0.25, -0.2) is 0 Å². The molecule has 0 amide bonds. The Morgan fingerprint density at radius 2 is 1.48 bits per heavy atom. The summed E-state index contributed by atoms with van der Waals surface area (Å²) in [5, 5.41) is 4.05. The van der Waals surface area contributed by atoms with E-state index < -0.39 is 0 Å². The summed E-state index contributed by atoms with van der Waals surface area (Å²) >= 11 is 0. The first kappa shape index (κ1) is 14.5. The fourth-order valence-corrected chi connectivity index (χ4v) is 6.75. The maximum absolute atomic E-state index is 5.62. The molecule has 1 N–H and O–H groups in total. The Labute approximate surface area is 130 Å². The molecule has 120 valence electrons. The van der Waals surface area contributed by atoms with Crippen molar-refractivity contribution in [2.45, 2.75) is 83.9 Å². The summed E-state index contributed by atoms with van der Waals surface area (Å²) in [5.41, 5.74) is 0.925. The van der Waals surface area contributed by atoms with Crippen LogP contribution in [0.15, 0.2) is 0 Å². The monoisotopic (exact) mass is 291 g/mol. The molecule has 3 atom stereocenters. The summed E-state index contributed by atoms with van der Waals surface area (Å²) in [6.07, 6.45) is 10.8. The molecule has 3 unspecified atom stereocenters. The molecular weight excluding hydrogens is 258 g/mol. The molecule has 2 nitrogen and oxygen atoms in total. The van der Waals surface area contributed by atoms with E-state index in [9.17, 15) is 0 Å². The summed E-state index contributed by atoms with van der Waals surface area (Å²) in [6, 6.07) is 1.33. The van der Waals surface area contributed by atoms with E-state index in [4.69, 9.17) is 4.74 Å². The van der Waals surface area contributed by atoms with Gasteiger partial charge in [-0.3, -0.25) is 0 Å². The molecule has 5 aliphatic carbocycles. The van der Waals surface area contributed by atoms with Crippen molar-refractivity contribution in [3.8, 4) is 0 Å². The average molecular weight is 291 g/mol. The van der Waals surface area contributed by atoms with Gasteiger partial charge in [0.25, 0.3) is 0 Å². The van der Waals surface area contributed by atoms with E-state index in [2.05, 4.69) is 26.1 Å². The topological polar surface area (TPSA) is 21.3 Å². The lowest BCUT2D eigenvalue weighted by atomic mass is 9.47. The first-order valence-electron chi connectivity index (χ1n) is 9.22. The third kappa shape index (κ3) is 2.12. The summed E-state index contributed by atoms with van der Waals surface area (Å²) in [7, 11) is 1.87. The average Bonchev–Trinajstić information content (AvgIpc) is 2.41. The molecule has 0 aromatic rings. The van der Waals surface area contributed by atoms with Crippen LogP contribution in [0, 0.1) is 28.6 Å². The number of hydrogen-bond acceptors (Lipinski definition) is 2. The summed E-state index contributed by atoms with van der Waals surface area (Å²) in [4.78, 5) is 0. The van der Waals surface area contributed by atoms with E-state index >= 15 is 0 Å². The van der Waals surface area contributed by atoms with Crippen molar-refractivity contribution < 1.29 is 4.74 Å². The zero-order valence-electron chi connectivity index (χ0n) is 14.3. The van der Waals surface area contributed by atoms with Crippen LogP contribution in [-0.4, -0.2) is 25.3 Å². The first-order valence-corrected chi connectivity index (χ1v) is 9.22. The highest BCUT2D eigenvalue weighted by molar-refractivity contribution is 5.09.